The number of carbonyl (C=O) groups is 3. The second-order valence-electron chi connectivity index (χ2n) is 9.35. The van der Waals surface area contributed by atoms with Crippen LogP contribution in [0.3, 0.4) is 0 Å². The Balaban J connectivity index is 1.46. The zero-order valence-electron chi connectivity index (χ0n) is 20.7. The van der Waals surface area contributed by atoms with Crippen LogP contribution in [0.25, 0.3) is 22.3 Å². The van der Waals surface area contributed by atoms with Gasteiger partial charge >= 0.3 is 18.2 Å². The van der Waals surface area contributed by atoms with Gasteiger partial charge in [0.25, 0.3) is 5.56 Å². The topological polar surface area (TPSA) is 134 Å². The van der Waals surface area contributed by atoms with Crippen LogP contribution in [-0.4, -0.2) is 39.2 Å². The molecule has 2 aliphatic heterocycles. The zero-order chi connectivity index (χ0) is 27.3. The molecular weight excluding hydrogens is 504 g/mol. The predicted molar refractivity (Wildman–Crippen MR) is 137 cm³/mol. The van der Waals surface area contributed by atoms with Crippen LogP contribution >= 0.6 is 0 Å². The van der Waals surface area contributed by atoms with E-state index in [4.69, 9.17) is 19.2 Å². The summed E-state index contributed by atoms with van der Waals surface area (Å²) in [7, 11) is 0. The number of fused-ring (bicyclic) bond motifs is 5. The molecule has 4 heterocycles. The molecule has 0 radical (unpaired) electrons. The minimum atomic E-state index is -1.92. The number of hydrogen-bond acceptors (Lipinski definition) is 8. The Bertz CT molecular complexity index is 1730. The van der Waals surface area contributed by atoms with Crippen molar-refractivity contribution in [2.24, 2.45) is 0 Å². The molecule has 0 saturated carbocycles. The smallest absolute Gasteiger partial charge is 0.373 e. The maximum absolute atomic E-state index is 13.7. The lowest BCUT2D eigenvalue weighted by Crippen LogP contribution is -2.50. The largest absolute Gasteiger partial charge is 0.477 e. The van der Waals surface area contributed by atoms with Crippen LogP contribution in [0, 0.1) is 0 Å². The number of hydrogen-bond donors (Lipinski definition) is 1. The van der Waals surface area contributed by atoms with Gasteiger partial charge < -0.3 is 23.9 Å². The zero-order valence-corrected chi connectivity index (χ0v) is 20.7. The minimum absolute atomic E-state index is 0.0308. The summed E-state index contributed by atoms with van der Waals surface area (Å²) in [5, 5.41) is 10.9. The number of carbonyl (C=O) groups excluding carboxylic acids is 2. The van der Waals surface area contributed by atoms with Crippen molar-refractivity contribution in [1.82, 2.24) is 9.55 Å². The highest BCUT2D eigenvalue weighted by Crippen LogP contribution is 2.41. The van der Waals surface area contributed by atoms with Gasteiger partial charge in [-0.1, -0.05) is 25.1 Å². The Hall–Kier alpha value is -4.83. The van der Waals surface area contributed by atoms with E-state index in [1.54, 1.807) is 17.6 Å². The summed E-state index contributed by atoms with van der Waals surface area (Å²) < 4.78 is 18.4. The molecule has 1 unspecified atom stereocenters. The number of benzene rings is 2. The molecular formula is C29H22N2O8. The lowest BCUT2D eigenvalue weighted by molar-refractivity contribution is -0.220. The Morgan fingerprint density at radius 2 is 1.95 bits per heavy atom. The maximum atomic E-state index is 13.7. The highest BCUT2D eigenvalue weighted by Gasteiger charge is 2.51. The number of aromatic nitrogens is 2. The number of aliphatic carboxylic acids is 1. The van der Waals surface area contributed by atoms with Crippen molar-refractivity contribution < 1.29 is 33.7 Å². The first-order valence-electron chi connectivity index (χ1n) is 12.3. The number of para-hydroxylation sites is 1. The molecule has 6 rings (SSSR count). The summed E-state index contributed by atoms with van der Waals surface area (Å²) >= 11 is 0. The standard InChI is InChI=1S/C29H22N2O8/c1-2-29(39-27(26(34)35)38-19-9-7-16(14-32)8-10-19)21-12-23-24-18(11-17-5-3-4-6-22(17)30-24)13-31(23)25(33)20(21)15-37-28(29)36/h3-12,14,27H,2,13,15H2,1H3,(H,34,35)/t27?,29-/m0/s1. The van der Waals surface area contributed by atoms with Crippen molar-refractivity contribution in [3.63, 3.8) is 0 Å². The Labute approximate surface area is 221 Å². The molecule has 4 aromatic rings. The molecule has 0 saturated heterocycles. The van der Waals surface area contributed by atoms with Gasteiger partial charge in [-0.05, 0) is 48.9 Å². The summed E-state index contributed by atoms with van der Waals surface area (Å²) in [6.07, 6.45) is -1.31. The molecule has 10 heteroatoms. The van der Waals surface area contributed by atoms with Crippen LogP contribution in [0.4, 0.5) is 0 Å². The molecule has 0 spiro atoms. The van der Waals surface area contributed by atoms with Gasteiger partial charge in [0.15, 0.2) is 5.60 Å². The van der Waals surface area contributed by atoms with E-state index in [0.717, 1.165) is 16.5 Å². The third-order valence-electron chi connectivity index (χ3n) is 7.15. The van der Waals surface area contributed by atoms with Gasteiger partial charge in [-0.2, -0.15) is 0 Å². The molecule has 196 valence electrons. The molecule has 2 aliphatic rings. The summed E-state index contributed by atoms with van der Waals surface area (Å²) in [5.41, 5.74) is 1.25. The van der Waals surface area contributed by atoms with Crippen molar-refractivity contribution in [2.45, 2.75) is 38.4 Å². The van der Waals surface area contributed by atoms with E-state index in [1.165, 1.54) is 24.3 Å². The molecule has 0 fully saturated rings. The number of pyridine rings is 2. The van der Waals surface area contributed by atoms with Gasteiger partial charge in [0.2, 0.25) is 0 Å². The molecule has 2 aromatic heterocycles. The molecule has 10 nitrogen and oxygen atoms in total. The average molecular weight is 527 g/mol. The molecule has 39 heavy (non-hydrogen) atoms. The Morgan fingerprint density at radius 1 is 1.18 bits per heavy atom. The van der Waals surface area contributed by atoms with Crippen LogP contribution in [0.15, 0.2) is 65.5 Å². The summed E-state index contributed by atoms with van der Waals surface area (Å²) in [6.45, 7) is 1.68. The molecule has 2 aromatic carbocycles. The van der Waals surface area contributed by atoms with Crippen molar-refractivity contribution >= 4 is 29.1 Å². The molecule has 0 amide bonds. The Kier molecular flexibility index (Phi) is 5.76. The number of ether oxygens (including phenoxy) is 3. The molecule has 2 atom stereocenters. The van der Waals surface area contributed by atoms with E-state index in [1.807, 2.05) is 30.3 Å². The van der Waals surface area contributed by atoms with Crippen LogP contribution in [0.1, 0.15) is 40.4 Å². The van der Waals surface area contributed by atoms with Gasteiger partial charge in [-0.3, -0.25) is 9.59 Å². The Morgan fingerprint density at radius 3 is 2.67 bits per heavy atom. The van der Waals surface area contributed by atoms with Crippen molar-refractivity contribution in [3.05, 3.63) is 93.3 Å². The van der Waals surface area contributed by atoms with Crippen molar-refractivity contribution in [2.75, 3.05) is 0 Å². The highest BCUT2D eigenvalue weighted by atomic mass is 16.7. The maximum Gasteiger partial charge on any atom is 0.373 e. The quantitative estimate of drug-likeness (QED) is 0.192. The number of aldehydes is 1. The predicted octanol–water partition coefficient (Wildman–Crippen LogP) is 3.41. The monoisotopic (exact) mass is 526 g/mol. The number of carboxylic acids is 1. The second kappa shape index (κ2) is 9.17. The second-order valence-corrected chi connectivity index (χ2v) is 9.35. The van der Waals surface area contributed by atoms with E-state index in [9.17, 15) is 24.3 Å². The highest BCUT2D eigenvalue weighted by molar-refractivity contribution is 5.87. The normalized spacial score (nSPS) is 18.0. The first-order chi connectivity index (χ1) is 18.8. The summed E-state index contributed by atoms with van der Waals surface area (Å²) in [5.74, 6) is -2.20. The fourth-order valence-electron chi connectivity index (χ4n) is 5.16. The summed E-state index contributed by atoms with van der Waals surface area (Å²) in [4.78, 5) is 54.9. The number of nitrogens with zero attached hydrogens (tertiary/aromatic N) is 2. The molecule has 0 bridgehead atoms. The van der Waals surface area contributed by atoms with E-state index in [-0.39, 0.29) is 35.5 Å². The van der Waals surface area contributed by atoms with Crippen LogP contribution < -0.4 is 10.3 Å². The molecule has 1 N–H and O–H groups in total. The van der Waals surface area contributed by atoms with Crippen molar-refractivity contribution in [1.29, 1.82) is 0 Å². The van der Waals surface area contributed by atoms with Gasteiger partial charge in [0.1, 0.15) is 18.6 Å². The van der Waals surface area contributed by atoms with Crippen LogP contribution in [0.2, 0.25) is 0 Å². The van der Waals surface area contributed by atoms with Gasteiger partial charge in [0, 0.05) is 22.1 Å². The fraction of sp³-hybridized carbons (Fsp3) is 0.207. The SMILES string of the molecule is CC[C@@]1(OC(Oc2ccc(C=O)cc2)C(=O)O)C(=O)OCc2c1cc1n(c2=O)Cc2cc3ccccc3nc2-1. The van der Waals surface area contributed by atoms with Gasteiger partial charge in [0.05, 0.1) is 29.0 Å². The number of esters is 1. The number of rotatable bonds is 7. The first-order valence-corrected chi connectivity index (χ1v) is 12.3. The molecule has 0 aliphatic carbocycles. The fourth-order valence-corrected chi connectivity index (χ4v) is 5.16. The lowest BCUT2D eigenvalue weighted by Gasteiger charge is -2.37. The van der Waals surface area contributed by atoms with E-state index < -0.39 is 23.8 Å². The van der Waals surface area contributed by atoms with Gasteiger partial charge in [-0.25, -0.2) is 14.6 Å². The minimum Gasteiger partial charge on any atom is -0.477 e. The summed E-state index contributed by atoms with van der Waals surface area (Å²) in [6, 6.07) is 17.0. The van der Waals surface area contributed by atoms with Crippen molar-refractivity contribution in [3.8, 4) is 17.1 Å². The van der Waals surface area contributed by atoms with Gasteiger partial charge in [-0.15, -0.1) is 0 Å². The average Bonchev–Trinajstić information content (AvgIpc) is 3.31. The van der Waals surface area contributed by atoms with E-state index in [2.05, 4.69) is 0 Å². The number of cyclic esters (lactones) is 1. The first kappa shape index (κ1) is 24.5. The third kappa shape index (κ3) is 3.88. The van der Waals surface area contributed by atoms with E-state index >= 15 is 0 Å². The van der Waals surface area contributed by atoms with Crippen LogP contribution in [-0.2, 0) is 37.8 Å². The van der Waals surface area contributed by atoms with E-state index in [0.29, 0.717) is 29.8 Å². The third-order valence-corrected chi connectivity index (χ3v) is 7.15. The lowest BCUT2D eigenvalue weighted by atomic mass is 9.85. The van der Waals surface area contributed by atoms with Crippen LogP contribution in [0.5, 0.6) is 5.75 Å². The number of carboxylic acid groups (broad SMARTS) is 1.